The number of aryl methyl sites for hydroxylation is 2. The van der Waals surface area contributed by atoms with Gasteiger partial charge in [-0.25, -0.2) is 18.4 Å². The van der Waals surface area contributed by atoms with Crippen LogP contribution in [-0.4, -0.2) is 30.1 Å². The van der Waals surface area contributed by atoms with Crippen LogP contribution >= 0.6 is 0 Å². The molecule has 4 aromatic rings. The van der Waals surface area contributed by atoms with Gasteiger partial charge in [-0.2, -0.15) is 8.78 Å². The average molecular weight is 524 g/mol. The number of anilines is 5. The van der Waals surface area contributed by atoms with Crippen LogP contribution in [0.25, 0.3) is 0 Å². The molecule has 190 valence electrons. The van der Waals surface area contributed by atoms with E-state index in [0.29, 0.717) is 28.8 Å². The van der Waals surface area contributed by atoms with E-state index >= 15 is 0 Å². The van der Waals surface area contributed by atoms with E-state index in [4.69, 9.17) is 0 Å². The Morgan fingerprint density at radius 3 is 1.86 bits per heavy atom. The Labute approximate surface area is 212 Å². The lowest BCUT2D eigenvalue weighted by Crippen LogP contribution is -2.19. The van der Waals surface area contributed by atoms with Crippen molar-refractivity contribution in [3.8, 4) is 0 Å². The van der Waals surface area contributed by atoms with E-state index in [9.17, 15) is 22.0 Å². The van der Waals surface area contributed by atoms with Gasteiger partial charge in [0.05, 0.1) is 10.5 Å². The quantitative estimate of drug-likeness (QED) is 0.266. The second-order valence-corrected chi connectivity index (χ2v) is 10.0. The zero-order valence-electron chi connectivity index (χ0n) is 19.9. The van der Waals surface area contributed by atoms with Gasteiger partial charge in [-0.15, -0.1) is 0 Å². The van der Waals surface area contributed by atoms with E-state index in [2.05, 4.69) is 25.9 Å². The lowest BCUT2D eigenvalue weighted by atomic mass is 10.2. The Morgan fingerprint density at radius 1 is 0.784 bits per heavy atom. The molecule has 0 bridgehead atoms. The number of carbonyl (C=O) groups excluding carboxylic acids is 1. The molecule has 8 nitrogen and oxygen atoms in total. The number of nitrogens with one attached hydrogen (secondary N) is 3. The first-order valence-corrected chi connectivity index (χ1v) is 12.7. The predicted molar refractivity (Wildman–Crippen MR) is 139 cm³/mol. The predicted octanol–water partition coefficient (Wildman–Crippen LogP) is 5.83. The fraction of sp³-hybridized carbons (Fsp3) is 0.115. The molecule has 1 heterocycles. The zero-order chi connectivity index (χ0) is 26.6. The highest BCUT2D eigenvalue weighted by atomic mass is 32.2. The van der Waals surface area contributed by atoms with Crippen molar-refractivity contribution < 1.29 is 22.0 Å². The first-order valence-electron chi connectivity index (χ1n) is 11.1. The number of nitrogens with zero attached hydrogens (tertiary/aromatic N) is 2. The van der Waals surface area contributed by atoms with Crippen molar-refractivity contribution in [1.82, 2.24) is 9.97 Å². The molecule has 0 radical (unpaired) electrons. The smallest absolute Gasteiger partial charge is 0.340 e. The second kappa shape index (κ2) is 10.7. The summed E-state index contributed by atoms with van der Waals surface area (Å²) in [4.78, 5) is 20.7. The van der Waals surface area contributed by atoms with E-state index in [1.807, 2.05) is 31.2 Å². The molecule has 0 fully saturated rings. The third kappa shape index (κ3) is 6.25. The lowest BCUT2D eigenvalue weighted by molar-refractivity contribution is 0.102. The number of halogens is 2. The van der Waals surface area contributed by atoms with Crippen molar-refractivity contribution in [2.24, 2.45) is 0 Å². The van der Waals surface area contributed by atoms with Gasteiger partial charge in [0.2, 0.25) is 9.84 Å². The van der Waals surface area contributed by atoms with E-state index in [-0.39, 0.29) is 5.56 Å². The van der Waals surface area contributed by atoms with Gasteiger partial charge >= 0.3 is 5.76 Å². The maximum atomic E-state index is 13.0. The average Bonchev–Trinajstić information content (AvgIpc) is 2.86. The van der Waals surface area contributed by atoms with Gasteiger partial charge in [0.1, 0.15) is 17.5 Å². The minimum atomic E-state index is -4.94. The summed E-state index contributed by atoms with van der Waals surface area (Å²) >= 11 is 0. The number of hydrogen-bond donors (Lipinski definition) is 3. The van der Waals surface area contributed by atoms with E-state index < -0.39 is 26.4 Å². The molecule has 0 unspecified atom stereocenters. The normalized spacial score (nSPS) is 11.3. The number of sulfone groups is 1. The first kappa shape index (κ1) is 25.7. The number of amides is 1. The van der Waals surface area contributed by atoms with Crippen LogP contribution in [-0.2, 0) is 9.84 Å². The maximum Gasteiger partial charge on any atom is 0.341 e. The van der Waals surface area contributed by atoms with Crippen molar-refractivity contribution in [2.75, 3.05) is 16.0 Å². The van der Waals surface area contributed by atoms with Crippen molar-refractivity contribution in [3.05, 3.63) is 95.8 Å². The minimum absolute atomic E-state index is 0.348. The van der Waals surface area contributed by atoms with Gasteiger partial charge in [0.15, 0.2) is 0 Å². The number of hydrogen-bond acceptors (Lipinski definition) is 7. The monoisotopic (exact) mass is 523 g/mol. The Morgan fingerprint density at radius 2 is 1.30 bits per heavy atom. The number of alkyl halides is 2. The number of benzene rings is 3. The fourth-order valence-electron chi connectivity index (χ4n) is 3.46. The first-order chi connectivity index (χ1) is 17.6. The minimum Gasteiger partial charge on any atom is -0.340 e. The topological polar surface area (TPSA) is 113 Å². The van der Waals surface area contributed by atoms with Gasteiger partial charge in [0.25, 0.3) is 5.91 Å². The van der Waals surface area contributed by atoms with Gasteiger partial charge in [-0.1, -0.05) is 29.8 Å². The molecule has 1 amide bonds. The highest BCUT2D eigenvalue weighted by Gasteiger charge is 2.30. The van der Waals surface area contributed by atoms with Crippen LogP contribution in [0.5, 0.6) is 0 Å². The molecule has 3 aromatic carbocycles. The molecular formula is C26H23F2N5O3S. The van der Waals surface area contributed by atoms with Gasteiger partial charge in [-0.3, -0.25) is 4.79 Å². The van der Waals surface area contributed by atoms with Gasteiger partial charge in [0, 0.05) is 23.1 Å². The largest absolute Gasteiger partial charge is 0.341 e. The molecule has 0 spiro atoms. The lowest BCUT2D eigenvalue weighted by Gasteiger charge is -2.12. The Hall–Kier alpha value is -4.38. The SMILES string of the molecule is Cc1ccc(Nc2cc(Nc3ccc(NC(=O)c4ccccc4S(=O)(=O)C(F)F)cc3)nc(C)n2)cc1. The summed E-state index contributed by atoms with van der Waals surface area (Å²) in [5.74, 6) is -2.74. The summed E-state index contributed by atoms with van der Waals surface area (Å²) in [6, 6.07) is 21.0. The van der Waals surface area contributed by atoms with E-state index in [1.54, 1.807) is 37.3 Å². The summed E-state index contributed by atoms with van der Waals surface area (Å²) in [7, 11) is -4.94. The van der Waals surface area contributed by atoms with Crippen LogP contribution in [0.2, 0.25) is 0 Å². The third-order valence-electron chi connectivity index (χ3n) is 5.25. The molecule has 0 saturated carbocycles. The van der Waals surface area contributed by atoms with Crippen LogP contribution in [0.3, 0.4) is 0 Å². The van der Waals surface area contributed by atoms with Crippen LogP contribution in [0, 0.1) is 13.8 Å². The molecule has 1 aromatic heterocycles. The summed E-state index contributed by atoms with van der Waals surface area (Å²) in [6.07, 6.45) is 0. The summed E-state index contributed by atoms with van der Waals surface area (Å²) in [5.41, 5.74) is 2.68. The summed E-state index contributed by atoms with van der Waals surface area (Å²) < 4.78 is 49.9. The Bertz CT molecular complexity index is 1530. The molecule has 11 heteroatoms. The highest BCUT2D eigenvalue weighted by Crippen LogP contribution is 2.25. The van der Waals surface area contributed by atoms with Gasteiger partial charge < -0.3 is 16.0 Å². The molecule has 0 aliphatic rings. The number of carbonyl (C=O) groups is 1. The van der Waals surface area contributed by atoms with E-state index in [1.165, 1.54) is 18.2 Å². The molecule has 3 N–H and O–H groups in total. The summed E-state index contributed by atoms with van der Waals surface area (Å²) in [5, 5.41) is 8.94. The summed E-state index contributed by atoms with van der Waals surface area (Å²) in [6.45, 7) is 3.78. The zero-order valence-corrected chi connectivity index (χ0v) is 20.7. The highest BCUT2D eigenvalue weighted by molar-refractivity contribution is 7.91. The van der Waals surface area contributed by atoms with Crippen molar-refractivity contribution >= 4 is 44.4 Å². The molecular weight excluding hydrogens is 500 g/mol. The van der Waals surface area contributed by atoms with Crippen LogP contribution in [0.1, 0.15) is 21.7 Å². The fourth-order valence-corrected chi connectivity index (χ4v) is 4.39. The molecule has 4 rings (SSSR count). The van der Waals surface area contributed by atoms with Crippen molar-refractivity contribution in [1.29, 1.82) is 0 Å². The number of rotatable bonds is 8. The maximum absolute atomic E-state index is 13.0. The van der Waals surface area contributed by atoms with Crippen molar-refractivity contribution in [3.63, 3.8) is 0 Å². The molecule has 0 aliphatic heterocycles. The van der Waals surface area contributed by atoms with Crippen LogP contribution in [0.15, 0.2) is 83.8 Å². The second-order valence-electron chi connectivity index (χ2n) is 8.13. The standard InChI is InChI=1S/C26H23F2N5O3S/c1-16-7-9-18(10-8-16)31-23-15-24(30-17(2)29-23)32-19-11-13-20(14-12-19)33-25(34)21-5-3-4-6-22(21)37(35,36)26(27)28/h3-15,26H,1-2H3,(H,33,34)(H2,29,30,31,32). The van der Waals surface area contributed by atoms with Crippen LogP contribution < -0.4 is 16.0 Å². The van der Waals surface area contributed by atoms with E-state index in [0.717, 1.165) is 17.3 Å². The van der Waals surface area contributed by atoms with Crippen LogP contribution in [0.4, 0.5) is 37.5 Å². The third-order valence-corrected chi connectivity index (χ3v) is 6.69. The molecule has 0 atom stereocenters. The Kier molecular flexibility index (Phi) is 7.44. The molecule has 0 saturated heterocycles. The van der Waals surface area contributed by atoms with Gasteiger partial charge in [-0.05, 0) is 62.4 Å². The number of aromatic nitrogens is 2. The Balaban J connectivity index is 1.47. The molecule has 37 heavy (non-hydrogen) atoms. The molecule has 0 aliphatic carbocycles. The van der Waals surface area contributed by atoms with Crippen molar-refractivity contribution in [2.45, 2.75) is 24.5 Å².